The highest BCUT2D eigenvalue weighted by Crippen LogP contribution is 2.57. The summed E-state index contributed by atoms with van der Waals surface area (Å²) >= 11 is 0. The Balaban J connectivity index is 1.65. The van der Waals surface area contributed by atoms with Crippen molar-refractivity contribution in [3.63, 3.8) is 0 Å². The van der Waals surface area contributed by atoms with Gasteiger partial charge in [0.15, 0.2) is 11.6 Å². The number of aromatic amines is 1. The highest BCUT2D eigenvalue weighted by Gasteiger charge is 2.49. The normalized spacial score (nSPS) is 18.0. The third-order valence-electron chi connectivity index (χ3n) is 5.08. The van der Waals surface area contributed by atoms with E-state index >= 15 is 0 Å². The molecule has 3 N–H and O–H groups in total. The van der Waals surface area contributed by atoms with E-state index in [9.17, 15) is 4.79 Å². The molecule has 4 rings (SSSR count). The molecule has 26 heavy (non-hydrogen) atoms. The summed E-state index contributed by atoms with van der Waals surface area (Å²) in [4.78, 5) is 23.3. The average molecular weight is 350 g/mol. The van der Waals surface area contributed by atoms with Gasteiger partial charge in [-0.2, -0.15) is 5.10 Å². The van der Waals surface area contributed by atoms with E-state index in [2.05, 4.69) is 23.8 Å². The standard InChI is InChI=1S/C19H22N6O/c1-19(2)10-14(19)17-23-18(15-9-13(11-22-15)16(20)26)25(24-17)8-5-12-3-6-21-7-4-12/h3-4,6-7,9,11,14,22H,5,8,10H2,1-2H3,(H2,20,26). The maximum Gasteiger partial charge on any atom is 0.250 e. The molecule has 1 atom stereocenters. The zero-order valence-corrected chi connectivity index (χ0v) is 14.9. The van der Waals surface area contributed by atoms with Gasteiger partial charge >= 0.3 is 0 Å². The summed E-state index contributed by atoms with van der Waals surface area (Å²) in [6, 6.07) is 5.74. The topological polar surface area (TPSA) is 102 Å². The van der Waals surface area contributed by atoms with Gasteiger partial charge in [-0.05, 0) is 42.0 Å². The van der Waals surface area contributed by atoms with Crippen LogP contribution < -0.4 is 5.73 Å². The quantitative estimate of drug-likeness (QED) is 0.713. The van der Waals surface area contributed by atoms with Crippen molar-refractivity contribution in [1.82, 2.24) is 24.7 Å². The van der Waals surface area contributed by atoms with E-state index < -0.39 is 5.91 Å². The lowest BCUT2D eigenvalue weighted by molar-refractivity contribution is 0.100. The second-order valence-corrected chi connectivity index (χ2v) is 7.53. The number of nitrogens with two attached hydrogens (primary N) is 1. The molecule has 1 amide bonds. The average Bonchev–Trinajstić information content (AvgIpc) is 3.01. The van der Waals surface area contributed by atoms with Crippen molar-refractivity contribution in [3.05, 3.63) is 53.7 Å². The van der Waals surface area contributed by atoms with Gasteiger partial charge in [0.2, 0.25) is 5.91 Å². The molecular weight excluding hydrogens is 328 g/mol. The van der Waals surface area contributed by atoms with Crippen LogP contribution >= 0.6 is 0 Å². The molecule has 3 aromatic rings. The second kappa shape index (κ2) is 6.09. The SMILES string of the molecule is CC1(C)CC1c1nc(-c2cc(C(N)=O)c[nH]2)n(CCc2ccncc2)n1. The molecule has 1 saturated carbocycles. The zero-order valence-electron chi connectivity index (χ0n) is 14.9. The lowest BCUT2D eigenvalue weighted by Gasteiger charge is -2.05. The molecule has 7 nitrogen and oxygen atoms in total. The number of rotatable bonds is 6. The molecular formula is C19H22N6O. The third kappa shape index (κ3) is 3.12. The molecule has 0 aromatic carbocycles. The second-order valence-electron chi connectivity index (χ2n) is 7.53. The van der Waals surface area contributed by atoms with Crippen LogP contribution in [-0.2, 0) is 13.0 Å². The number of H-pyrrole nitrogens is 1. The van der Waals surface area contributed by atoms with Gasteiger partial charge in [-0.1, -0.05) is 13.8 Å². The van der Waals surface area contributed by atoms with Crippen LogP contribution in [-0.4, -0.2) is 30.6 Å². The van der Waals surface area contributed by atoms with E-state index in [0.29, 0.717) is 18.0 Å². The van der Waals surface area contributed by atoms with Gasteiger partial charge < -0.3 is 10.7 Å². The van der Waals surface area contributed by atoms with Gasteiger partial charge in [-0.3, -0.25) is 9.78 Å². The molecule has 0 bridgehead atoms. The number of hydrogen-bond donors (Lipinski definition) is 2. The molecule has 0 spiro atoms. The number of hydrogen-bond acceptors (Lipinski definition) is 4. The molecule has 7 heteroatoms. The molecule has 1 fully saturated rings. The Labute approximate surface area is 151 Å². The minimum absolute atomic E-state index is 0.253. The van der Waals surface area contributed by atoms with Crippen LogP contribution in [0.3, 0.4) is 0 Å². The minimum Gasteiger partial charge on any atom is -0.366 e. The monoisotopic (exact) mass is 350 g/mol. The first-order valence-corrected chi connectivity index (χ1v) is 8.76. The van der Waals surface area contributed by atoms with E-state index in [1.165, 1.54) is 5.56 Å². The Morgan fingerprint density at radius 2 is 2.12 bits per heavy atom. The molecule has 3 aromatic heterocycles. The van der Waals surface area contributed by atoms with Crippen LogP contribution in [0.1, 0.15) is 47.9 Å². The van der Waals surface area contributed by atoms with E-state index in [1.807, 2.05) is 16.8 Å². The smallest absolute Gasteiger partial charge is 0.250 e. The highest BCUT2D eigenvalue weighted by atomic mass is 16.1. The number of aromatic nitrogens is 5. The van der Waals surface area contributed by atoms with Crippen molar-refractivity contribution in [2.24, 2.45) is 11.1 Å². The van der Waals surface area contributed by atoms with Gasteiger partial charge in [0, 0.05) is 31.1 Å². The Hall–Kier alpha value is -2.96. The number of amides is 1. The minimum atomic E-state index is -0.459. The molecule has 134 valence electrons. The predicted molar refractivity (Wildman–Crippen MR) is 97.4 cm³/mol. The van der Waals surface area contributed by atoms with Crippen molar-refractivity contribution in [3.8, 4) is 11.5 Å². The van der Waals surface area contributed by atoms with Crippen LogP contribution in [0, 0.1) is 5.41 Å². The summed E-state index contributed by atoms with van der Waals surface area (Å²) in [5.41, 5.74) is 8.01. The van der Waals surface area contributed by atoms with Crippen LogP contribution in [0.2, 0.25) is 0 Å². The molecule has 0 saturated heterocycles. The van der Waals surface area contributed by atoms with E-state index in [-0.39, 0.29) is 5.41 Å². The number of aryl methyl sites for hydroxylation is 2. The largest absolute Gasteiger partial charge is 0.366 e. The molecule has 3 heterocycles. The number of pyridine rings is 1. The fraction of sp³-hybridized carbons (Fsp3) is 0.368. The Bertz CT molecular complexity index is 940. The molecule has 1 unspecified atom stereocenters. The molecule has 1 aliphatic rings. The fourth-order valence-corrected chi connectivity index (χ4v) is 3.22. The van der Waals surface area contributed by atoms with Gasteiger partial charge in [-0.15, -0.1) is 0 Å². The first-order valence-electron chi connectivity index (χ1n) is 8.76. The first kappa shape index (κ1) is 16.5. The van der Waals surface area contributed by atoms with E-state index in [1.54, 1.807) is 24.7 Å². The first-order chi connectivity index (χ1) is 12.4. The third-order valence-corrected chi connectivity index (χ3v) is 5.08. The van der Waals surface area contributed by atoms with Crippen molar-refractivity contribution in [2.45, 2.75) is 39.2 Å². The maximum atomic E-state index is 11.4. The van der Waals surface area contributed by atoms with E-state index in [4.69, 9.17) is 15.8 Å². The lowest BCUT2D eigenvalue weighted by atomic mass is 10.1. The summed E-state index contributed by atoms with van der Waals surface area (Å²) in [6.45, 7) is 5.16. The number of carbonyl (C=O) groups excluding carboxylic acids is 1. The van der Waals surface area contributed by atoms with Crippen LogP contribution in [0.25, 0.3) is 11.5 Å². The van der Waals surface area contributed by atoms with Gasteiger partial charge in [0.25, 0.3) is 0 Å². The number of carbonyl (C=O) groups is 1. The van der Waals surface area contributed by atoms with Crippen molar-refractivity contribution >= 4 is 5.91 Å². The number of primary amides is 1. The summed E-state index contributed by atoms with van der Waals surface area (Å²) < 4.78 is 1.92. The van der Waals surface area contributed by atoms with Crippen LogP contribution in [0.15, 0.2) is 36.8 Å². The zero-order chi connectivity index (χ0) is 18.3. The highest BCUT2D eigenvalue weighted by molar-refractivity contribution is 5.93. The van der Waals surface area contributed by atoms with E-state index in [0.717, 1.165) is 30.2 Å². The summed E-state index contributed by atoms with van der Waals surface area (Å²) in [7, 11) is 0. The van der Waals surface area contributed by atoms with Crippen molar-refractivity contribution < 1.29 is 4.79 Å². The lowest BCUT2D eigenvalue weighted by Crippen LogP contribution is -2.09. The number of nitrogens with one attached hydrogen (secondary N) is 1. The summed E-state index contributed by atoms with van der Waals surface area (Å²) in [5, 5.41) is 4.77. The summed E-state index contributed by atoms with van der Waals surface area (Å²) in [6.07, 6.45) is 7.12. The van der Waals surface area contributed by atoms with Crippen LogP contribution in [0.4, 0.5) is 0 Å². The van der Waals surface area contributed by atoms with Crippen molar-refractivity contribution in [2.75, 3.05) is 0 Å². The van der Waals surface area contributed by atoms with Crippen LogP contribution in [0.5, 0.6) is 0 Å². The molecule has 0 aliphatic heterocycles. The fourth-order valence-electron chi connectivity index (χ4n) is 3.22. The Morgan fingerprint density at radius 1 is 1.38 bits per heavy atom. The van der Waals surface area contributed by atoms with Crippen molar-refractivity contribution in [1.29, 1.82) is 0 Å². The van der Waals surface area contributed by atoms with Gasteiger partial charge in [0.1, 0.15) is 0 Å². The molecule has 1 aliphatic carbocycles. The molecule has 0 radical (unpaired) electrons. The predicted octanol–water partition coefficient (Wildman–Crippen LogP) is 2.52. The van der Waals surface area contributed by atoms with Gasteiger partial charge in [-0.25, -0.2) is 9.67 Å². The number of nitrogens with zero attached hydrogens (tertiary/aromatic N) is 4. The Kier molecular flexibility index (Phi) is 3.86. The Morgan fingerprint density at radius 3 is 2.73 bits per heavy atom. The van der Waals surface area contributed by atoms with Gasteiger partial charge in [0.05, 0.1) is 11.3 Å². The summed E-state index contributed by atoms with van der Waals surface area (Å²) in [5.74, 6) is 1.53. The maximum absolute atomic E-state index is 11.4.